The summed E-state index contributed by atoms with van der Waals surface area (Å²) >= 11 is 0. The first kappa shape index (κ1) is 15.1. The van der Waals surface area contributed by atoms with Gasteiger partial charge in [-0.2, -0.15) is 0 Å². The van der Waals surface area contributed by atoms with E-state index in [0.717, 1.165) is 22.6 Å². The lowest BCUT2D eigenvalue weighted by atomic mass is 10.2. The smallest absolute Gasteiger partial charge is 0.224 e. The number of carbonyl (C=O) groups is 1. The van der Waals surface area contributed by atoms with Crippen molar-refractivity contribution in [1.82, 2.24) is 0 Å². The lowest BCUT2D eigenvalue weighted by molar-refractivity contribution is -0.116. The molecular formula is C18H21NO2. The van der Waals surface area contributed by atoms with Gasteiger partial charge in [0.1, 0.15) is 5.75 Å². The molecule has 0 heterocycles. The van der Waals surface area contributed by atoms with Crippen LogP contribution in [0.15, 0.2) is 48.5 Å². The summed E-state index contributed by atoms with van der Waals surface area (Å²) in [6.45, 7) is 4.57. The van der Waals surface area contributed by atoms with E-state index in [0.29, 0.717) is 19.4 Å². The largest absolute Gasteiger partial charge is 0.493 e. The zero-order valence-electron chi connectivity index (χ0n) is 12.6. The summed E-state index contributed by atoms with van der Waals surface area (Å²) in [6.07, 6.45) is 1.16. The third kappa shape index (κ3) is 4.95. The minimum atomic E-state index is 0.0222. The number of nitrogens with one attached hydrogen (secondary N) is 1. The third-order valence-corrected chi connectivity index (χ3v) is 3.20. The molecule has 2 aromatic carbocycles. The van der Waals surface area contributed by atoms with Gasteiger partial charge in [0.25, 0.3) is 0 Å². The van der Waals surface area contributed by atoms with Gasteiger partial charge in [-0.25, -0.2) is 0 Å². The van der Waals surface area contributed by atoms with Crippen molar-refractivity contribution in [3.63, 3.8) is 0 Å². The van der Waals surface area contributed by atoms with Crippen molar-refractivity contribution < 1.29 is 9.53 Å². The number of para-hydroxylation sites is 1. The molecule has 21 heavy (non-hydrogen) atoms. The van der Waals surface area contributed by atoms with Crippen molar-refractivity contribution in [2.45, 2.75) is 26.7 Å². The van der Waals surface area contributed by atoms with Crippen molar-refractivity contribution >= 4 is 11.6 Å². The molecule has 0 aliphatic rings. The molecule has 0 saturated heterocycles. The van der Waals surface area contributed by atoms with Gasteiger partial charge in [0, 0.05) is 12.1 Å². The Morgan fingerprint density at radius 3 is 2.67 bits per heavy atom. The van der Waals surface area contributed by atoms with Crippen LogP contribution in [0, 0.1) is 13.8 Å². The standard InChI is InChI=1S/C18H21NO2/c1-14-7-5-9-16(13-14)19-18(20)11-6-12-21-17-10-4-3-8-15(17)2/h3-5,7-10,13H,6,11-12H2,1-2H3,(H,19,20). The molecule has 110 valence electrons. The monoisotopic (exact) mass is 283 g/mol. The summed E-state index contributed by atoms with van der Waals surface area (Å²) in [5.41, 5.74) is 3.09. The topological polar surface area (TPSA) is 38.3 Å². The zero-order valence-corrected chi connectivity index (χ0v) is 12.6. The second kappa shape index (κ2) is 7.48. The van der Waals surface area contributed by atoms with E-state index >= 15 is 0 Å². The number of aryl methyl sites for hydroxylation is 2. The Morgan fingerprint density at radius 2 is 1.90 bits per heavy atom. The minimum absolute atomic E-state index is 0.0222. The fourth-order valence-corrected chi connectivity index (χ4v) is 2.08. The maximum Gasteiger partial charge on any atom is 0.224 e. The Morgan fingerprint density at radius 1 is 1.10 bits per heavy atom. The number of anilines is 1. The summed E-state index contributed by atoms with van der Waals surface area (Å²) in [5.74, 6) is 0.908. The molecule has 2 rings (SSSR count). The van der Waals surface area contributed by atoms with Crippen LogP contribution in [0.2, 0.25) is 0 Å². The van der Waals surface area contributed by atoms with Crippen LogP contribution in [0.25, 0.3) is 0 Å². The number of ether oxygens (including phenoxy) is 1. The van der Waals surface area contributed by atoms with Gasteiger partial charge in [0.15, 0.2) is 0 Å². The Bertz CT molecular complexity index is 608. The summed E-state index contributed by atoms with van der Waals surface area (Å²) in [4.78, 5) is 11.8. The molecule has 0 aliphatic heterocycles. The number of rotatable bonds is 6. The van der Waals surface area contributed by atoms with Gasteiger partial charge in [0.2, 0.25) is 5.91 Å². The molecule has 1 N–H and O–H groups in total. The maximum absolute atomic E-state index is 11.8. The fourth-order valence-electron chi connectivity index (χ4n) is 2.08. The van der Waals surface area contributed by atoms with Gasteiger partial charge in [-0.1, -0.05) is 30.3 Å². The van der Waals surface area contributed by atoms with Crippen LogP contribution in [0.3, 0.4) is 0 Å². The molecule has 0 spiro atoms. The van der Waals surface area contributed by atoms with E-state index in [-0.39, 0.29) is 5.91 Å². The number of carbonyl (C=O) groups excluding carboxylic acids is 1. The predicted octanol–water partition coefficient (Wildman–Crippen LogP) is 4.10. The van der Waals surface area contributed by atoms with Crippen LogP contribution < -0.4 is 10.1 Å². The first-order valence-corrected chi connectivity index (χ1v) is 7.20. The highest BCUT2D eigenvalue weighted by Gasteiger charge is 2.03. The molecule has 0 unspecified atom stereocenters. The SMILES string of the molecule is Cc1cccc(NC(=O)CCCOc2ccccc2C)c1. The Balaban J connectivity index is 1.71. The summed E-state index contributed by atoms with van der Waals surface area (Å²) in [5, 5.41) is 2.90. The van der Waals surface area contributed by atoms with Crippen LogP contribution in [-0.2, 0) is 4.79 Å². The molecule has 0 bridgehead atoms. The number of benzene rings is 2. The molecule has 0 aliphatic carbocycles. The molecular weight excluding hydrogens is 262 g/mol. The first-order chi connectivity index (χ1) is 10.1. The number of hydrogen-bond donors (Lipinski definition) is 1. The molecule has 3 heteroatoms. The van der Waals surface area contributed by atoms with E-state index in [2.05, 4.69) is 5.32 Å². The normalized spacial score (nSPS) is 10.2. The second-order valence-corrected chi connectivity index (χ2v) is 5.14. The van der Waals surface area contributed by atoms with E-state index in [1.54, 1.807) is 0 Å². The van der Waals surface area contributed by atoms with Crippen LogP contribution in [0.4, 0.5) is 5.69 Å². The first-order valence-electron chi connectivity index (χ1n) is 7.20. The predicted molar refractivity (Wildman–Crippen MR) is 85.7 cm³/mol. The van der Waals surface area contributed by atoms with E-state index < -0.39 is 0 Å². The van der Waals surface area contributed by atoms with E-state index in [1.807, 2.05) is 62.4 Å². The van der Waals surface area contributed by atoms with Crippen molar-refractivity contribution in [3.8, 4) is 5.75 Å². The van der Waals surface area contributed by atoms with Crippen LogP contribution in [0.5, 0.6) is 5.75 Å². The van der Waals surface area contributed by atoms with Crippen molar-refractivity contribution in [2.75, 3.05) is 11.9 Å². The molecule has 0 atom stereocenters. The third-order valence-electron chi connectivity index (χ3n) is 3.20. The van der Waals surface area contributed by atoms with Crippen LogP contribution >= 0.6 is 0 Å². The molecule has 2 aromatic rings. The number of hydrogen-bond acceptors (Lipinski definition) is 2. The van der Waals surface area contributed by atoms with Gasteiger partial charge in [-0.3, -0.25) is 4.79 Å². The lowest BCUT2D eigenvalue weighted by Gasteiger charge is -2.09. The van der Waals surface area contributed by atoms with E-state index in [9.17, 15) is 4.79 Å². The van der Waals surface area contributed by atoms with Crippen molar-refractivity contribution in [3.05, 3.63) is 59.7 Å². The Kier molecular flexibility index (Phi) is 5.38. The summed E-state index contributed by atoms with van der Waals surface area (Å²) in [7, 11) is 0. The molecule has 0 fully saturated rings. The van der Waals surface area contributed by atoms with Crippen LogP contribution in [0.1, 0.15) is 24.0 Å². The summed E-state index contributed by atoms with van der Waals surface area (Å²) in [6, 6.07) is 15.7. The molecule has 3 nitrogen and oxygen atoms in total. The van der Waals surface area contributed by atoms with Crippen LogP contribution in [-0.4, -0.2) is 12.5 Å². The average Bonchev–Trinajstić information content (AvgIpc) is 2.45. The molecule has 0 saturated carbocycles. The molecule has 0 radical (unpaired) electrons. The number of amides is 1. The lowest BCUT2D eigenvalue weighted by Crippen LogP contribution is -2.13. The fraction of sp³-hybridized carbons (Fsp3) is 0.278. The van der Waals surface area contributed by atoms with Gasteiger partial charge in [0.05, 0.1) is 6.61 Å². The highest BCUT2D eigenvalue weighted by molar-refractivity contribution is 5.90. The van der Waals surface area contributed by atoms with Gasteiger partial charge < -0.3 is 10.1 Å². The molecule has 1 amide bonds. The highest BCUT2D eigenvalue weighted by Crippen LogP contribution is 2.16. The van der Waals surface area contributed by atoms with E-state index in [4.69, 9.17) is 4.74 Å². The van der Waals surface area contributed by atoms with Crippen molar-refractivity contribution in [2.24, 2.45) is 0 Å². The van der Waals surface area contributed by atoms with Gasteiger partial charge >= 0.3 is 0 Å². The average molecular weight is 283 g/mol. The summed E-state index contributed by atoms with van der Waals surface area (Å²) < 4.78 is 5.68. The zero-order chi connectivity index (χ0) is 15.1. The Hall–Kier alpha value is -2.29. The Labute approximate surface area is 126 Å². The van der Waals surface area contributed by atoms with Gasteiger partial charge in [-0.15, -0.1) is 0 Å². The van der Waals surface area contributed by atoms with Crippen molar-refractivity contribution in [1.29, 1.82) is 0 Å². The van der Waals surface area contributed by atoms with Gasteiger partial charge in [-0.05, 0) is 49.6 Å². The second-order valence-electron chi connectivity index (χ2n) is 5.14. The highest BCUT2D eigenvalue weighted by atomic mass is 16.5. The molecule has 0 aromatic heterocycles. The minimum Gasteiger partial charge on any atom is -0.493 e. The van der Waals surface area contributed by atoms with E-state index in [1.165, 1.54) is 0 Å². The maximum atomic E-state index is 11.8. The quantitative estimate of drug-likeness (QED) is 0.810.